The number of hydrogen-bond acceptors (Lipinski definition) is 3. The van der Waals surface area contributed by atoms with Gasteiger partial charge in [-0.15, -0.1) is 0 Å². The molecule has 0 unspecified atom stereocenters. The molecule has 1 aromatic heterocycles. The molecule has 1 aromatic carbocycles. The second-order valence-electron chi connectivity index (χ2n) is 3.99. The maximum Gasteiger partial charge on any atom is 0.339 e. The summed E-state index contributed by atoms with van der Waals surface area (Å²) in [5, 5.41) is 9.56. The van der Waals surface area contributed by atoms with Crippen molar-refractivity contribution in [2.45, 2.75) is 0 Å². The number of benzene rings is 1. The van der Waals surface area contributed by atoms with Crippen LogP contribution in [0.1, 0.15) is 15.9 Å². The van der Waals surface area contributed by atoms with Crippen LogP contribution in [0.4, 0.5) is 0 Å². The SMILES string of the molecule is O=C(O)/C(=C\c1cncc(Cl)c1)C(=O)c1ccccc1. The average molecular weight is 288 g/mol. The van der Waals surface area contributed by atoms with Gasteiger partial charge in [0, 0.05) is 18.0 Å². The van der Waals surface area contributed by atoms with Gasteiger partial charge in [-0.25, -0.2) is 4.79 Å². The summed E-state index contributed by atoms with van der Waals surface area (Å²) in [6, 6.07) is 9.77. The largest absolute Gasteiger partial charge is 0.478 e. The number of rotatable bonds is 4. The number of aromatic nitrogens is 1. The van der Waals surface area contributed by atoms with Crippen LogP contribution in [0, 0.1) is 0 Å². The average Bonchev–Trinajstić information content (AvgIpc) is 2.45. The van der Waals surface area contributed by atoms with Gasteiger partial charge in [0.25, 0.3) is 0 Å². The third-order valence-corrected chi connectivity index (χ3v) is 2.75. The van der Waals surface area contributed by atoms with Crippen LogP contribution in [0.3, 0.4) is 0 Å². The third-order valence-electron chi connectivity index (χ3n) is 2.55. The minimum atomic E-state index is -1.29. The Kier molecular flexibility index (Phi) is 4.27. The molecule has 0 saturated heterocycles. The Labute approximate surface area is 120 Å². The van der Waals surface area contributed by atoms with E-state index in [2.05, 4.69) is 4.98 Å². The number of Topliss-reactive ketones (excluding diaryl/α,β-unsaturated/α-hetero) is 1. The fraction of sp³-hybridized carbons (Fsp3) is 0. The van der Waals surface area contributed by atoms with Crippen molar-refractivity contribution in [1.29, 1.82) is 0 Å². The predicted molar refractivity (Wildman–Crippen MR) is 75.6 cm³/mol. The van der Waals surface area contributed by atoms with Crippen LogP contribution in [0.5, 0.6) is 0 Å². The van der Waals surface area contributed by atoms with Crippen LogP contribution >= 0.6 is 11.6 Å². The van der Waals surface area contributed by atoms with E-state index in [1.807, 2.05) is 0 Å². The number of nitrogens with zero attached hydrogens (tertiary/aromatic N) is 1. The molecule has 0 aliphatic carbocycles. The van der Waals surface area contributed by atoms with Crippen LogP contribution in [-0.2, 0) is 4.79 Å². The molecular weight excluding hydrogens is 278 g/mol. The van der Waals surface area contributed by atoms with Crippen LogP contribution in [0.15, 0.2) is 54.4 Å². The molecule has 4 nitrogen and oxygen atoms in total. The van der Waals surface area contributed by atoms with Crippen molar-refractivity contribution in [3.8, 4) is 0 Å². The van der Waals surface area contributed by atoms with Crippen molar-refractivity contribution >= 4 is 29.4 Å². The first-order valence-corrected chi connectivity index (χ1v) is 6.11. The highest BCUT2D eigenvalue weighted by molar-refractivity contribution is 6.30. The molecule has 2 aromatic rings. The molecule has 2 rings (SSSR count). The molecule has 1 heterocycles. The van der Waals surface area contributed by atoms with Crippen LogP contribution in [0.25, 0.3) is 6.08 Å². The van der Waals surface area contributed by atoms with Crippen molar-refractivity contribution in [3.05, 3.63) is 70.5 Å². The quantitative estimate of drug-likeness (QED) is 0.406. The summed E-state index contributed by atoms with van der Waals surface area (Å²) in [7, 11) is 0. The molecule has 0 fully saturated rings. The van der Waals surface area contributed by atoms with E-state index in [0.717, 1.165) is 0 Å². The second kappa shape index (κ2) is 6.12. The predicted octanol–water partition coefficient (Wildman–Crippen LogP) is 3.09. The van der Waals surface area contributed by atoms with Gasteiger partial charge in [-0.05, 0) is 17.7 Å². The summed E-state index contributed by atoms with van der Waals surface area (Å²) >= 11 is 5.78. The highest BCUT2D eigenvalue weighted by atomic mass is 35.5. The van der Waals surface area contributed by atoms with E-state index >= 15 is 0 Å². The number of aliphatic carboxylic acids is 1. The summed E-state index contributed by atoms with van der Waals surface area (Å²) in [6.45, 7) is 0. The summed E-state index contributed by atoms with van der Waals surface area (Å²) in [6.07, 6.45) is 4.13. The lowest BCUT2D eigenvalue weighted by atomic mass is 10.0. The zero-order valence-corrected chi connectivity index (χ0v) is 11.0. The van der Waals surface area contributed by atoms with Crippen molar-refractivity contribution < 1.29 is 14.7 Å². The minimum Gasteiger partial charge on any atom is -0.478 e. The maximum atomic E-state index is 12.2. The summed E-state index contributed by atoms with van der Waals surface area (Å²) in [5.74, 6) is -1.85. The molecule has 0 radical (unpaired) electrons. The molecule has 0 aliphatic heterocycles. The van der Waals surface area contributed by atoms with E-state index in [1.165, 1.54) is 24.5 Å². The molecule has 0 bridgehead atoms. The van der Waals surface area contributed by atoms with E-state index in [9.17, 15) is 14.7 Å². The van der Waals surface area contributed by atoms with Gasteiger partial charge < -0.3 is 5.11 Å². The molecular formula is C15H10ClNO3. The molecule has 0 saturated carbocycles. The highest BCUT2D eigenvalue weighted by Crippen LogP contribution is 2.15. The van der Waals surface area contributed by atoms with Crippen molar-refractivity contribution in [2.75, 3.05) is 0 Å². The maximum absolute atomic E-state index is 12.2. The lowest BCUT2D eigenvalue weighted by molar-refractivity contribution is -0.132. The molecule has 0 atom stereocenters. The number of ketones is 1. The van der Waals surface area contributed by atoms with Gasteiger partial charge in [-0.1, -0.05) is 41.9 Å². The Morgan fingerprint density at radius 1 is 1.15 bits per heavy atom. The first-order chi connectivity index (χ1) is 9.58. The third kappa shape index (κ3) is 3.30. The number of carbonyl (C=O) groups excluding carboxylic acids is 1. The van der Waals surface area contributed by atoms with Crippen molar-refractivity contribution in [3.63, 3.8) is 0 Å². The molecule has 0 amide bonds. The Morgan fingerprint density at radius 2 is 1.85 bits per heavy atom. The molecule has 100 valence electrons. The summed E-state index contributed by atoms with van der Waals surface area (Å²) in [5.41, 5.74) is 0.440. The number of halogens is 1. The van der Waals surface area contributed by atoms with Gasteiger partial charge in [-0.2, -0.15) is 0 Å². The molecule has 0 aliphatic rings. The van der Waals surface area contributed by atoms with Gasteiger partial charge in [0.15, 0.2) is 5.78 Å². The fourth-order valence-corrected chi connectivity index (χ4v) is 1.83. The molecule has 0 spiro atoms. The minimum absolute atomic E-state index is 0.316. The van der Waals surface area contributed by atoms with Crippen LogP contribution in [0.2, 0.25) is 5.02 Å². The molecule has 1 N–H and O–H groups in total. The van der Waals surface area contributed by atoms with Gasteiger partial charge in [0.2, 0.25) is 0 Å². The molecule has 20 heavy (non-hydrogen) atoms. The van der Waals surface area contributed by atoms with Crippen LogP contribution < -0.4 is 0 Å². The normalized spacial score (nSPS) is 11.2. The van der Waals surface area contributed by atoms with Gasteiger partial charge in [-0.3, -0.25) is 9.78 Å². The van der Waals surface area contributed by atoms with E-state index in [4.69, 9.17) is 11.6 Å². The number of carboxylic acids is 1. The monoisotopic (exact) mass is 287 g/mol. The standard InChI is InChI=1S/C15H10ClNO3/c16-12-6-10(8-17-9-12)7-13(15(19)20)14(18)11-4-2-1-3-5-11/h1-9H,(H,19,20)/b13-7-. The number of carboxylic acid groups (broad SMARTS) is 1. The lowest BCUT2D eigenvalue weighted by Crippen LogP contribution is -2.12. The van der Waals surface area contributed by atoms with E-state index in [0.29, 0.717) is 16.1 Å². The van der Waals surface area contributed by atoms with E-state index < -0.39 is 11.8 Å². The van der Waals surface area contributed by atoms with E-state index in [1.54, 1.807) is 30.3 Å². The Hall–Kier alpha value is -2.46. The molecule has 5 heteroatoms. The van der Waals surface area contributed by atoms with Crippen molar-refractivity contribution in [2.24, 2.45) is 0 Å². The van der Waals surface area contributed by atoms with Crippen LogP contribution in [-0.4, -0.2) is 21.8 Å². The van der Waals surface area contributed by atoms with Gasteiger partial charge >= 0.3 is 5.97 Å². The zero-order valence-electron chi connectivity index (χ0n) is 10.3. The second-order valence-corrected chi connectivity index (χ2v) is 4.43. The Morgan fingerprint density at radius 3 is 2.45 bits per heavy atom. The first-order valence-electron chi connectivity index (χ1n) is 5.73. The topological polar surface area (TPSA) is 67.3 Å². The highest BCUT2D eigenvalue weighted by Gasteiger charge is 2.18. The number of carbonyl (C=O) groups is 2. The Bertz CT molecular complexity index is 681. The summed E-state index contributed by atoms with van der Waals surface area (Å²) < 4.78 is 0. The first kappa shape index (κ1) is 14.0. The fourth-order valence-electron chi connectivity index (χ4n) is 1.64. The number of hydrogen-bond donors (Lipinski definition) is 1. The summed E-state index contributed by atoms with van der Waals surface area (Å²) in [4.78, 5) is 27.3. The van der Waals surface area contributed by atoms with E-state index in [-0.39, 0.29) is 5.57 Å². The number of pyridine rings is 1. The lowest BCUT2D eigenvalue weighted by Gasteiger charge is -2.02. The van der Waals surface area contributed by atoms with Gasteiger partial charge in [0.05, 0.1) is 5.02 Å². The zero-order chi connectivity index (χ0) is 14.5. The Balaban J connectivity index is 2.42. The van der Waals surface area contributed by atoms with Gasteiger partial charge in [0.1, 0.15) is 5.57 Å². The smallest absolute Gasteiger partial charge is 0.339 e. The van der Waals surface area contributed by atoms with Crippen molar-refractivity contribution in [1.82, 2.24) is 4.98 Å².